The smallest absolute Gasteiger partial charge is 0.447 e. The minimum atomic E-state index is -4.69. The molecule has 96 valence electrons. The van der Waals surface area contributed by atoms with E-state index in [1.54, 1.807) is 6.07 Å². The van der Waals surface area contributed by atoms with E-state index in [4.69, 9.17) is 4.42 Å². The summed E-state index contributed by atoms with van der Waals surface area (Å²) < 4.78 is 44.8. The van der Waals surface area contributed by atoms with Crippen LogP contribution in [0.3, 0.4) is 0 Å². The second kappa shape index (κ2) is 4.99. The lowest BCUT2D eigenvalue weighted by atomic mass is 10.3. The van der Waals surface area contributed by atoms with Crippen LogP contribution in [0, 0.1) is 0 Å². The van der Waals surface area contributed by atoms with Gasteiger partial charge in [0.25, 0.3) is 0 Å². The van der Waals surface area contributed by atoms with Gasteiger partial charge in [-0.1, -0.05) is 6.07 Å². The number of anilines is 1. The predicted octanol–water partition coefficient (Wildman–Crippen LogP) is 3.19. The van der Waals surface area contributed by atoms with Gasteiger partial charge in [0.1, 0.15) is 11.5 Å². The number of halogens is 3. The van der Waals surface area contributed by atoms with Crippen molar-refractivity contribution in [3.63, 3.8) is 0 Å². The molecule has 18 heavy (non-hydrogen) atoms. The molecule has 0 spiro atoms. The Hall–Kier alpha value is -2.18. The molecule has 0 atom stereocenters. The highest BCUT2D eigenvalue weighted by atomic mass is 19.4. The van der Waals surface area contributed by atoms with Crippen molar-refractivity contribution < 1.29 is 22.3 Å². The maximum Gasteiger partial charge on any atom is 0.573 e. The number of oxazole rings is 1. The fourth-order valence-corrected chi connectivity index (χ4v) is 1.32. The van der Waals surface area contributed by atoms with Crippen LogP contribution < -0.4 is 10.1 Å². The van der Waals surface area contributed by atoms with Crippen LogP contribution in [0.2, 0.25) is 0 Å². The molecule has 0 aliphatic heterocycles. The highest BCUT2D eigenvalue weighted by molar-refractivity contribution is 5.48. The summed E-state index contributed by atoms with van der Waals surface area (Å²) in [5.41, 5.74) is 0.494. The van der Waals surface area contributed by atoms with E-state index >= 15 is 0 Å². The summed E-state index contributed by atoms with van der Waals surface area (Å²) in [4.78, 5) is 3.72. The van der Waals surface area contributed by atoms with E-state index in [0.29, 0.717) is 18.0 Å². The molecule has 2 rings (SSSR count). The molecule has 0 saturated carbocycles. The zero-order valence-electron chi connectivity index (χ0n) is 9.07. The Balaban J connectivity index is 1.99. The molecule has 7 heteroatoms. The zero-order chi connectivity index (χ0) is 13.0. The first-order valence-corrected chi connectivity index (χ1v) is 5.00. The molecular formula is C11H9F3N2O2. The lowest BCUT2D eigenvalue weighted by Gasteiger charge is -2.10. The van der Waals surface area contributed by atoms with Crippen LogP contribution in [-0.4, -0.2) is 11.3 Å². The summed E-state index contributed by atoms with van der Waals surface area (Å²) in [6.07, 6.45) is -1.90. The van der Waals surface area contributed by atoms with Crippen molar-refractivity contribution in [2.24, 2.45) is 0 Å². The Bertz CT molecular complexity index is 497. The molecule has 1 aromatic heterocycles. The highest BCUT2D eigenvalue weighted by Crippen LogP contribution is 2.25. The van der Waals surface area contributed by atoms with Crippen molar-refractivity contribution in [1.82, 2.24) is 4.98 Å². The van der Waals surface area contributed by atoms with Gasteiger partial charge in [-0.2, -0.15) is 0 Å². The van der Waals surface area contributed by atoms with Crippen molar-refractivity contribution in [3.8, 4) is 5.75 Å². The minimum Gasteiger partial charge on any atom is -0.447 e. The lowest BCUT2D eigenvalue weighted by Crippen LogP contribution is -2.17. The Morgan fingerprint density at radius 3 is 2.83 bits per heavy atom. The molecule has 0 radical (unpaired) electrons. The number of nitrogens with one attached hydrogen (secondary N) is 1. The number of nitrogens with zero attached hydrogens (tertiary/aromatic N) is 1. The third-order valence-corrected chi connectivity index (χ3v) is 2.02. The second-order valence-electron chi connectivity index (χ2n) is 3.40. The third kappa shape index (κ3) is 3.69. The largest absolute Gasteiger partial charge is 0.573 e. The summed E-state index contributed by atoms with van der Waals surface area (Å²) in [5.74, 6) is 0.308. The number of alkyl halides is 3. The van der Waals surface area contributed by atoms with Crippen LogP contribution in [0.25, 0.3) is 0 Å². The van der Waals surface area contributed by atoms with Gasteiger partial charge >= 0.3 is 6.36 Å². The van der Waals surface area contributed by atoms with Gasteiger partial charge < -0.3 is 14.5 Å². The standard InChI is InChI=1S/C11H9F3N2O2/c12-11(13,14)18-9-3-1-2-8(4-9)16-6-10-5-15-7-17-10/h1-5,7,16H,6H2. The summed E-state index contributed by atoms with van der Waals surface area (Å²) in [6, 6.07) is 5.57. The van der Waals surface area contributed by atoms with E-state index in [1.807, 2.05) is 0 Å². The van der Waals surface area contributed by atoms with E-state index in [0.717, 1.165) is 0 Å². The molecule has 2 aromatic rings. The lowest BCUT2D eigenvalue weighted by molar-refractivity contribution is -0.274. The molecule has 0 unspecified atom stereocenters. The number of rotatable bonds is 4. The van der Waals surface area contributed by atoms with Crippen molar-refractivity contribution in [2.45, 2.75) is 12.9 Å². The number of ether oxygens (including phenoxy) is 1. The fraction of sp³-hybridized carbons (Fsp3) is 0.182. The van der Waals surface area contributed by atoms with Crippen LogP contribution >= 0.6 is 0 Å². The first kappa shape index (κ1) is 12.3. The normalized spacial score (nSPS) is 11.3. The Labute approximate surface area is 100 Å². The van der Waals surface area contributed by atoms with Gasteiger partial charge in [0, 0.05) is 11.8 Å². The number of benzene rings is 1. The molecule has 0 aliphatic rings. The summed E-state index contributed by atoms with van der Waals surface area (Å²) in [6.45, 7) is 0.329. The van der Waals surface area contributed by atoms with E-state index in [-0.39, 0.29) is 5.75 Å². The maximum absolute atomic E-state index is 12.0. The number of aromatic nitrogens is 1. The topological polar surface area (TPSA) is 47.3 Å². The van der Waals surface area contributed by atoms with E-state index in [2.05, 4.69) is 15.0 Å². The molecule has 1 heterocycles. The quantitative estimate of drug-likeness (QED) is 0.914. The molecule has 0 fully saturated rings. The molecule has 0 bridgehead atoms. The van der Waals surface area contributed by atoms with Crippen LogP contribution in [0.15, 0.2) is 41.3 Å². The minimum absolute atomic E-state index is 0.273. The predicted molar refractivity (Wildman–Crippen MR) is 57.0 cm³/mol. The Morgan fingerprint density at radius 1 is 1.33 bits per heavy atom. The number of hydrogen-bond acceptors (Lipinski definition) is 4. The van der Waals surface area contributed by atoms with Crippen molar-refractivity contribution in [3.05, 3.63) is 42.6 Å². The molecule has 0 saturated heterocycles. The molecule has 1 N–H and O–H groups in total. The SMILES string of the molecule is FC(F)(F)Oc1cccc(NCc2cnco2)c1. The molecule has 1 aromatic carbocycles. The first-order valence-electron chi connectivity index (χ1n) is 5.00. The van der Waals surface area contributed by atoms with Crippen LogP contribution in [0.1, 0.15) is 5.76 Å². The summed E-state index contributed by atoms with van der Waals surface area (Å²) >= 11 is 0. The average Bonchev–Trinajstić information content (AvgIpc) is 2.77. The van der Waals surface area contributed by atoms with Gasteiger partial charge in [-0.3, -0.25) is 0 Å². The fourth-order valence-electron chi connectivity index (χ4n) is 1.32. The van der Waals surface area contributed by atoms with Gasteiger partial charge in [-0.25, -0.2) is 4.98 Å². The molecule has 0 amide bonds. The molecular weight excluding hydrogens is 249 g/mol. The molecule has 0 aliphatic carbocycles. The Kier molecular flexibility index (Phi) is 3.40. The maximum atomic E-state index is 12.0. The zero-order valence-corrected chi connectivity index (χ0v) is 9.07. The summed E-state index contributed by atoms with van der Waals surface area (Å²) in [5, 5.41) is 2.89. The van der Waals surface area contributed by atoms with Crippen LogP contribution in [0.4, 0.5) is 18.9 Å². The van der Waals surface area contributed by atoms with Crippen LogP contribution in [-0.2, 0) is 6.54 Å². The van der Waals surface area contributed by atoms with Gasteiger partial charge in [0.2, 0.25) is 0 Å². The van der Waals surface area contributed by atoms with Gasteiger partial charge in [-0.15, -0.1) is 13.2 Å². The number of hydrogen-bond donors (Lipinski definition) is 1. The average molecular weight is 258 g/mol. The van der Waals surface area contributed by atoms with Crippen LogP contribution in [0.5, 0.6) is 5.75 Å². The van der Waals surface area contributed by atoms with Gasteiger partial charge in [0.05, 0.1) is 12.7 Å². The van der Waals surface area contributed by atoms with E-state index in [1.165, 1.54) is 30.8 Å². The van der Waals surface area contributed by atoms with Crippen molar-refractivity contribution >= 4 is 5.69 Å². The Morgan fingerprint density at radius 2 is 2.17 bits per heavy atom. The van der Waals surface area contributed by atoms with Gasteiger partial charge in [0.15, 0.2) is 6.39 Å². The van der Waals surface area contributed by atoms with E-state index in [9.17, 15) is 13.2 Å². The van der Waals surface area contributed by atoms with Crippen molar-refractivity contribution in [1.29, 1.82) is 0 Å². The summed E-state index contributed by atoms with van der Waals surface area (Å²) in [7, 11) is 0. The molecule has 4 nitrogen and oxygen atoms in total. The van der Waals surface area contributed by atoms with Crippen molar-refractivity contribution in [2.75, 3.05) is 5.32 Å². The third-order valence-electron chi connectivity index (χ3n) is 2.02. The van der Waals surface area contributed by atoms with Gasteiger partial charge in [-0.05, 0) is 12.1 Å². The monoisotopic (exact) mass is 258 g/mol. The van der Waals surface area contributed by atoms with E-state index < -0.39 is 6.36 Å². The second-order valence-corrected chi connectivity index (χ2v) is 3.40. The first-order chi connectivity index (χ1) is 8.53. The highest BCUT2D eigenvalue weighted by Gasteiger charge is 2.31.